The molecule has 0 saturated heterocycles. The minimum Gasteiger partial charge on any atom is -0.456 e. The number of furan rings is 1. The lowest BCUT2D eigenvalue weighted by molar-refractivity contribution is 0.594. The Labute approximate surface area is 120 Å². The summed E-state index contributed by atoms with van der Waals surface area (Å²) in [6, 6.07) is 13.0. The van der Waals surface area contributed by atoms with Crippen LogP contribution in [0.15, 0.2) is 40.8 Å². The van der Waals surface area contributed by atoms with E-state index in [0.29, 0.717) is 5.92 Å². The molecule has 20 heavy (non-hydrogen) atoms. The fraction of sp³-hybridized carbons (Fsp3) is 0.368. The van der Waals surface area contributed by atoms with Crippen LogP contribution in [0.5, 0.6) is 0 Å². The smallest absolute Gasteiger partial charge is 0.135 e. The van der Waals surface area contributed by atoms with Crippen LogP contribution < -0.4 is 0 Å². The Hall–Kier alpha value is -1.76. The summed E-state index contributed by atoms with van der Waals surface area (Å²) in [4.78, 5) is 0. The first-order chi connectivity index (χ1) is 9.38. The summed E-state index contributed by atoms with van der Waals surface area (Å²) in [6.45, 7) is 11.2. The molecular formula is C19H22O. The van der Waals surface area contributed by atoms with Crippen LogP contribution in [0.2, 0.25) is 0 Å². The second kappa shape index (κ2) is 4.37. The van der Waals surface area contributed by atoms with Crippen molar-refractivity contribution in [3.8, 4) is 0 Å². The molecule has 0 bridgehead atoms. The van der Waals surface area contributed by atoms with Crippen LogP contribution in [0, 0.1) is 0 Å². The Balaban J connectivity index is 2.38. The van der Waals surface area contributed by atoms with Gasteiger partial charge in [0.25, 0.3) is 0 Å². The van der Waals surface area contributed by atoms with E-state index in [1.807, 2.05) is 0 Å². The van der Waals surface area contributed by atoms with Crippen LogP contribution in [0.4, 0.5) is 0 Å². The van der Waals surface area contributed by atoms with E-state index in [0.717, 1.165) is 11.2 Å². The average Bonchev–Trinajstić information content (AvgIpc) is 2.74. The lowest BCUT2D eigenvalue weighted by atomic mass is 9.84. The van der Waals surface area contributed by atoms with Crippen molar-refractivity contribution in [1.29, 1.82) is 0 Å². The van der Waals surface area contributed by atoms with Gasteiger partial charge < -0.3 is 4.42 Å². The zero-order valence-corrected chi connectivity index (χ0v) is 12.9. The number of fused-ring (bicyclic) bond motifs is 3. The van der Waals surface area contributed by atoms with Crippen molar-refractivity contribution in [3.63, 3.8) is 0 Å². The monoisotopic (exact) mass is 266 g/mol. The van der Waals surface area contributed by atoms with Gasteiger partial charge in [0.15, 0.2) is 0 Å². The summed E-state index contributed by atoms with van der Waals surface area (Å²) in [6.07, 6.45) is 0. The molecule has 0 aliphatic rings. The van der Waals surface area contributed by atoms with Gasteiger partial charge in [-0.25, -0.2) is 0 Å². The van der Waals surface area contributed by atoms with Crippen LogP contribution in [0.3, 0.4) is 0 Å². The van der Waals surface area contributed by atoms with E-state index in [1.54, 1.807) is 0 Å². The molecule has 0 unspecified atom stereocenters. The lowest BCUT2D eigenvalue weighted by Gasteiger charge is -2.20. The molecule has 2 aromatic carbocycles. The van der Waals surface area contributed by atoms with Crippen LogP contribution in [0.1, 0.15) is 51.7 Å². The average molecular weight is 266 g/mol. The van der Waals surface area contributed by atoms with Crippen LogP contribution in [0.25, 0.3) is 21.9 Å². The summed E-state index contributed by atoms with van der Waals surface area (Å²) in [5.41, 5.74) is 4.80. The molecule has 0 aliphatic carbocycles. The Kier molecular flexibility index (Phi) is 2.89. The van der Waals surface area contributed by atoms with Gasteiger partial charge in [0, 0.05) is 10.8 Å². The summed E-state index contributed by atoms with van der Waals surface area (Å²) < 4.78 is 6.08. The SMILES string of the molecule is CC(C)c1ccc2c(c1)oc1cccc(C(C)(C)C)c12. The minimum absolute atomic E-state index is 0.118. The summed E-state index contributed by atoms with van der Waals surface area (Å²) >= 11 is 0. The maximum absolute atomic E-state index is 6.08. The fourth-order valence-electron chi connectivity index (χ4n) is 2.83. The first kappa shape index (κ1) is 13.2. The molecular weight excluding hydrogens is 244 g/mol. The summed E-state index contributed by atoms with van der Waals surface area (Å²) in [7, 11) is 0. The lowest BCUT2D eigenvalue weighted by Crippen LogP contribution is -2.11. The maximum Gasteiger partial charge on any atom is 0.135 e. The fourth-order valence-corrected chi connectivity index (χ4v) is 2.83. The topological polar surface area (TPSA) is 13.1 Å². The Morgan fingerprint density at radius 2 is 1.70 bits per heavy atom. The van der Waals surface area contributed by atoms with Gasteiger partial charge in [-0.05, 0) is 34.6 Å². The maximum atomic E-state index is 6.08. The molecule has 1 heteroatoms. The minimum atomic E-state index is 0.118. The molecule has 1 heterocycles. The molecule has 0 atom stereocenters. The molecule has 3 aromatic rings. The van der Waals surface area contributed by atoms with E-state index < -0.39 is 0 Å². The highest BCUT2D eigenvalue weighted by Gasteiger charge is 2.20. The molecule has 0 fully saturated rings. The Morgan fingerprint density at radius 3 is 2.35 bits per heavy atom. The zero-order valence-electron chi connectivity index (χ0n) is 12.9. The molecule has 0 amide bonds. The van der Waals surface area contributed by atoms with Gasteiger partial charge in [0.1, 0.15) is 11.2 Å². The molecule has 0 aliphatic heterocycles. The zero-order chi connectivity index (χ0) is 14.5. The third kappa shape index (κ3) is 2.02. The number of benzene rings is 2. The summed E-state index contributed by atoms with van der Waals surface area (Å²) in [5, 5.41) is 2.50. The predicted octanol–water partition coefficient (Wildman–Crippen LogP) is 6.01. The third-order valence-corrected chi connectivity index (χ3v) is 4.00. The number of rotatable bonds is 1. The van der Waals surface area contributed by atoms with Crippen molar-refractivity contribution in [2.24, 2.45) is 0 Å². The van der Waals surface area contributed by atoms with Crippen molar-refractivity contribution in [2.75, 3.05) is 0 Å². The highest BCUT2D eigenvalue weighted by atomic mass is 16.3. The summed E-state index contributed by atoms with van der Waals surface area (Å²) in [5.74, 6) is 0.523. The van der Waals surface area contributed by atoms with Crippen molar-refractivity contribution in [2.45, 2.75) is 46.0 Å². The van der Waals surface area contributed by atoms with Gasteiger partial charge in [-0.2, -0.15) is 0 Å². The molecule has 1 aromatic heterocycles. The van der Waals surface area contributed by atoms with Crippen molar-refractivity contribution < 1.29 is 4.42 Å². The van der Waals surface area contributed by atoms with E-state index in [-0.39, 0.29) is 5.41 Å². The van der Waals surface area contributed by atoms with Gasteiger partial charge in [0.2, 0.25) is 0 Å². The van der Waals surface area contributed by atoms with E-state index in [4.69, 9.17) is 4.42 Å². The normalized spacial score (nSPS) is 12.7. The first-order valence-electron chi connectivity index (χ1n) is 7.33. The highest BCUT2D eigenvalue weighted by molar-refractivity contribution is 6.07. The molecule has 0 saturated carbocycles. The molecule has 0 radical (unpaired) electrons. The predicted molar refractivity (Wildman–Crippen MR) is 86.5 cm³/mol. The molecule has 0 spiro atoms. The van der Waals surface area contributed by atoms with E-state index >= 15 is 0 Å². The van der Waals surface area contributed by atoms with Gasteiger partial charge in [-0.15, -0.1) is 0 Å². The number of hydrogen-bond acceptors (Lipinski definition) is 1. The van der Waals surface area contributed by atoms with E-state index in [1.165, 1.54) is 21.9 Å². The molecule has 1 nitrogen and oxygen atoms in total. The molecule has 0 N–H and O–H groups in total. The van der Waals surface area contributed by atoms with Gasteiger partial charge in [0.05, 0.1) is 0 Å². The standard InChI is InChI=1S/C19H22O/c1-12(2)13-9-10-14-17(11-13)20-16-8-6-7-15(18(14)16)19(3,4)5/h6-12H,1-5H3. The second-order valence-corrected chi connectivity index (χ2v) is 6.94. The first-order valence-corrected chi connectivity index (χ1v) is 7.33. The quantitative estimate of drug-likeness (QED) is 0.526. The molecule has 3 rings (SSSR count). The highest BCUT2D eigenvalue weighted by Crippen LogP contribution is 2.37. The van der Waals surface area contributed by atoms with E-state index in [2.05, 4.69) is 71.0 Å². The van der Waals surface area contributed by atoms with Crippen molar-refractivity contribution in [3.05, 3.63) is 47.5 Å². The molecule has 104 valence electrons. The van der Waals surface area contributed by atoms with Crippen LogP contribution in [-0.2, 0) is 5.41 Å². The van der Waals surface area contributed by atoms with Crippen LogP contribution in [-0.4, -0.2) is 0 Å². The van der Waals surface area contributed by atoms with E-state index in [9.17, 15) is 0 Å². The van der Waals surface area contributed by atoms with Gasteiger partial charge >= 0.3 is 0 Å². The van der Waals surface area contributed by atoms with Crippen molar-refractivity contribution >= 4 is 21.9 Å². The van der Waals surface area contributed by atoms with Gasteiger partial charge in [-0.1, -0.05) is 58.9 Å². The van der Waals surface area contributed by atoms with Gasteiger partial charge in [-0.3, -0.25) is 0 Å². The van der Waals surface area contributed by atoms with Crippen LogP contribution >= 0.6 is 0 Å². The Morgan fingerprint density at radius 1 is 0.950 bits per heavy atom. The number of hydrogen-bond donors (Lipinski definition) is 0. The second-order valence-electron chi connectivity index (χ2n) is 6.94. The third-order valence-electron chi connectivity index (χ3n) is 4.00. The largest absolute Gasteiger partial charge is 0.456 e. The Bertz CT molecular complexity index is 769. The van der Waals surface area contributed by atoms with Crippen molar-refractivity contribution in [1.82, 2.24) is 0 Å².